The molecular weight excluding hydrogens is 280 g/mol. The van der Waals surface area contributed by atoms with E-state index in [2.05, 4.69) is 19.9 Å². The van der Waals surface area contributed by atoms with Crippen LogP contribution in [0.3, 0.4) is 0 Å². The molecule has 0 unspecified atom stereocenters. The number of aliphatic hydroxyl groups excluding tert-OH is 1. The van der Waals surface area contributed by atoms with Crippen LogP contribution in [0.25, 0.3) is 11.0 Å². The third kappa shape index (κ3) is 3.35. The van der Waals surface area contributed by atoms with Crippen molar-refractivity contribution in [2.24, 2.45) is 0 Å². The van der Waals surface area contributed by atoms with E-state index in [9.17, 15) is 4.79 Å². The quantitative estimate of drug-likeness (QED) is 0.653. The van der Waals surface area contributed by atoms with Gasteiger partial charge in [-0.05, 0) is 36.8 Å². The predicted molar refractivity (Wildman–Crippen MR) is 84.3 cm³/mol. The van der Waals surface area contributed by atoms with Crippen molar-refractivity contribution in [1.82, 2.24) is 14.5 Å². The molecule has 114 valence electrons. The Balaban J connectivity index is 1.56. The van der Waals surface area contributed by atoms with Gasteiger partial charge in [0.15, 0.2) is 0 Å². The number of aryl methyl sites for hydroxylation is 1. The fraction of sp³-hybridized carbons (Fsp3) is 0.250. The monoisotopic (exact) mass is 298 g/mol. The normalized spacial score (nSPS) is 11.0. The Morgan fingerprint density at radius 3 is 2.91 bits per heavy atom. The summed E-state index contributed by atoms with van der Waals surface area (Å²) in [4.78, 5) is 19.2. The number of benzene rings is 1. The lowest BCUT2D eigenvalue weighted by atomic mass is 10.2. The zero-order valence-electron chi connectivity index (χ0n) is 12.1. The van der Waals surface area contributed by atoms with Gasteiger partial charge < -0.3 is 20.0 Å². The Kier molecular flexibility index (Phi) is 4.20. The Morgan fingerprint density at radius 1 is 1.32 bits per heavy atom. The number of nitrogens with zero attached hydrogens (tertiary/aromatic N) is 2. The first kappa shape index (κ1) is 14.3. The van der Waals surface area contributed by atoms with Crippen molar-refractivity contribution < 1.29 is 9.90 Å². The molecule has 1 aromatic carbocycles. The first-order chi connectivity index (χ1) is 10.7. The lowest BCUT2D eigenvalue weighted by Gasteiger charge is -2.06. The van der Waals surface area contributed by atoms with Crippen LogP contribution in [-0.2, 0) is 17.9 Å². The topological polar surface area (TPSA) is 82.9 Å². The Labute approximate surface area is 127 Å². The first-order valence-electron chi connectivity index (χ1n) is 7.25. The molecule has 0 aliphatic carbocycles. The van der Waals surface area contributed by atoms with Crippen LogP contribution in [0.4, 0.5) is 5.69 Å². The van der Waals surface area contributed by atoms with E-state index in [1.165, 1.54) is 0 Å². The lowest BCUT2D eigenvalue weighted by Crippen LogP contribution is -2.12. The van der Waals surface area contributed by atoms with E-state index in [4.69, 9.17) is 5.11 Å². The highest BCUT2D eigenvalue weighted by Crippen LogP contribution is 2.17. The Hall–Kier alpha value is -2.60. The molecule has 0 radical (unpaired) electrons. The van der Waals surface area contributed by atoms with Crippen molar-refractivity contribution in [3.63, 3.8) is 0 Å². The third-order valence-corrected chi connectivity index (χ3v) is 3.45. The molecule has 6 heteroatoms. The van der Waals surface area contributed by atoms with E-state index in [1.54, 1.807) is 0 Å². The number of aromatic nitrogens is 3. The second-order valence-corrected chi connectivity index (χ2v) is 5.15. The second kappa shape index (κ2) is 6.44. The van der Waals surface area contributed by atoms with E-state index >= 15 is 0 Å². The molecule has 0 saturated heterocycles. The summed E-state index contributed by atoms with van der Waals surface area (Å²) in [5.41, 5.74) is 2.30. The van der Waals surface area contributed by atoms with Crippen molar-refractivity contribution in [3.8, 4) is 0 Å². The first-order valence-corrected chi connectivity index (χ1v) is 7.25. The van der Waals surface area contributed by atoms with E-state index in [-0.39, 0.29) is 12.5 Å². The van der Waals surface area contributed by atoms with Gasteiger partial charge in [-0.1, -0.05) is 0 Å². The molecule has 3 N–H and O–H groups in total. The van der Waals surface area contributed by atoms with Crippen molar-refractivity contribution >= 4 is 22.6 Å². The number of hydrogen-bond acceptors (Lipinski definition) is 3. The highest BCUT2D eigenvalue weighted by atomic mass is 16.3. The maximum Gasteiger partial charge on any atom is 0.224 e. The lowest BCUT2D eigenvalue weighted by molar-refractivity contribution is -0.116. The number of amides is 1. The van der Waals surface area contributed by atoms with Crippen LogP contribution in [0.1, 0.15) is 18.7 Å². The molecule has 2 aromatic heterocycles. The van der Waals surface area contributed by atoms with E-state index in [0.29, 0.717) is 12.2 Å². The van der Waals surface area contributed by atoms with Crippen LogP contribution in [-0.4, -0.2) is 25.5 Å². The van der Waals surface area contributed by atoms with Gasteiger partial charge >= 0.3 is 0 Å². The summed E-state index contributed by atoms with van der Waals surface area (Å²) in [6.45, 7) is 0.704. The predicted octanol–water partition coefficient (Wildman–Crippen LogP) is 2.28. The van der Waals surface area contributed by atoms with Gasteiger partial charge in [0.2, 0.25) is 5.91 Å². The van der Waals surface area contributed by atoms with Crippen molar-refractivity contribution in [3.05, 3.63) is 48.5 Å². The number of anilines is 1. The van der Waals surface area contributed by atoms with Gasteiger partial charge in [-0.25, -0.2) is 4.98 Å². The molecule has 22 heavy (non-hydrogen) atoms. The molecule has 0 atom stereocenters. The number of carbonyl (C=O) groups is 1. The molecule has 0 bridgehead atoms. The van der Waals surface area contributed by atoms with E-state index in [1.807, 2.05) is 42.7 Å². The summed E-state index contributed by atoms with van der Waals surface area (Å²) in [6.07, 6.45) is 5.24. The minimum absolute atomic E-state index is 0.00611. The number of aliphatic hydroxyl groups is 1. The van der Waals surface area contributed by atoms with Crippen molar-refractivity contribution in [2.45, 2.75) is 26.0 Å². The van der Waals surface area contributed by atoms with Crippen LogP contribution in [0, 0.1) is 0 Å². The molecule has 0 spiro atoms. The summed E-state index contributed by atoms with van der Waals surface area (Å²) in [7, 11) is 0. The SMILES string of the molecule is O=C(CCCn1cccc1)Nc1ccc2nc(CO)[nH]c2c1. The second-order valence-electron chi connectivity index (χ2n) is 5.15. The number of hydrogen-bond donors (Lipinski definition) is 3. The Bertz CT molecular complexity index is 762. The molecule has 6 nitrogen and oxygen atoms in total. The average Bonchev–Trinajstić information content (AvgIpc) is 3.15. The summed E-state index contributed by atoms with van der Waals surface area (Å²) >= 11 is 0. The number of aromatic amines is 1. The summed E-state index contributed by atoms with van der Waals surface area (Å²) < 4.78 is 2.06. The van der Waals surface area contributed by atoms with Gasteiger partial charge in [-0.3, -0.25) is 4.79 Å². The minimum Gasteiger partial charge on any atom is -0.388 e. The molecule has 1 amide bonds. The van der Waals surface area contributed by atoms with Crippen LogP contribution in [0.15, 0.2) is 42.7 Å². The fourth-order valence-electron chi connectivity index (χ4n) is 2.38. The zero-order chi connectivity index (χ0) is 15.4. The summed E-state index contributed by atoms with van der Waals surface area (Å²) in [6, 6.07) is 9.40. The standard InChI is InChI=1S/C16H18N4O2/c21-11-15-18-13-6-5-12(10-14(13)19-15)17-16(22)4-3-9-20-7-1-2-8-20/h1-2,5-8,10,21H,3-4,9,11H2,(H,17,22)(H,18,19). The number of nitrogens with one attached hydrogen (secondary N) is 2. The van der Waals surface area contributed by atoms with Gasteiger partial charge in [0, 0.05) is 31.0 Å². The van der Waals surface area contributed by atoms with Crippen LogP contribution in [0.5, 0.6) is 0 Å². The minimum atomic E-state index is -0.129. The highest BCUT2D eigenvalue weighted by Gasteiger charge is 2.06. The van der Waals surface area contributed by atoms with Gasteiger partial charge in [0.05, 0.1) is 11.0 Å². The van der Waals surface area contributed by atoms with Crippen molar-refractivity contribution in [2.75, 3.05) is 5.32 Å². The summed E-state index contributed by atoms with van der Waals surface area (Å²) in [5, 5.41) is 11.9. The molecular formula is C16H18N4O2. The van der Waals surface area contributed by atoms with Gasteiger partial charge in [0.25, 0.3) is 0 Å². The maximum atomic E-state index is 12.0. The Morgan fingerprint density at radius 2 is 2.14 bits per heavy atom. The van der Waals surface area contributed by atoms with Gasteiger partial charge in [-0.15, -0.1) is 0 Å². The fourth-order valence-corrected chi connectivity index (χ4v) is 2.38. The maximum absolute atomic E-state index is 12.0. The highest BCUT2D eigenvalue weighted by molar-refractivity contribution is 5.93. The third-order valence-electron chi connectivity index (χ3n) is 3.45. The number of imidazole rings is 1. The molecule has 0 aliphatic rings. The number of rotatable bonds is 6. The molecule has 3 aromatic rings. The van der Waals surface area contributed by atoms with Gasteiger partial charge in [0.1, 0.15) is 12.4 Å². The van der Waals surface area contributed by atoms with Crippen LogP contribution >= 0.6 is 0 Å². The zero-order valence-corrected chi connectivity index (χ0v) is 12.1. The smallest absolute Gasteiger partial charge is 0.224 e. The van der Waals surface area contributed by atoms with Crippen LogP contribution in [0.2, 0.25) is 0 Å². The average molecular weight is 298 g/mol. The number of fused-ring (bicyclic) bond motifs is 1. The van der Waals surface area contributed by atoms with Crippen LogP contribution < -0.4 is 5.32 Å². The molecule has 0 saturated carbocycles. The molecule has 3 rings (SSSR count). The van der Waals surface area contributed by atoms with Crippen molar-refractivity contribution in [1.29, 1.82) is 0 Å². The number of carbonyl (C=O) groups excluding carboxylic acids is 1. The van der Waals surface area contributed by atoms with E-state index in [0.717, 1.165) is 29.7 Å². The molecule has 0 aliphatic heterocycles. The van der Waals surface area contributed by atoms with E-state index < -0.39 is 0 Å². The molecule has 2 heterocycles. The molecule has 0 fully saturated rings. The number of H-pyrrole nitrogens is 1. The van der Waals surface area contributed by atoms with Gasteiger partial charge in [-0.2, -0.15) is 0 Å². The largest absolute Gasteiger partial charge is 0.388 e. The summed E-state index contributed by atoms with van der Waals surface area (Å²) in [5.74, 6) is 0.513.